The Kier molecular flexibility index (Phi) is 7.77. The van der Waals surface area contributed by atoms with E-state index in [9.17, 15) is 19.2 Å². The molecular formula is C35H30N2O8S. The lowest BCUT2D eigenvalue weighted by Gasteiger charge is -2.19. The van der Waals surface area contributed by atoms with E-state index in [0.717, 1.165) is 33.4 Å². The highest BCUT2D eigenvalue weighted by Crippen LogP contribution is 2.49. The highest BCUT2D eigenvalue weighted by atomic mass is 32.1. The van der Waals surface area contributed by atoms with Crippen molar-refractivity contribution < 1.29 is 38.1 Å². The molecule has 2 N–H and O–H groups in total. The number of hydrogen-bond acceptors (Lipinski definition) is 9. The second-order valence-corrected chi connectivity index (χ2v) is 11.9. The summed E-state index contributed by atoms with van der Waals surface area (Å²) in [6.45, 7) is 1.75. The molecule has 7 rings (SSSR count). The van der Waals surface area contributed by atoms with Crippen LogP contribution in [0.4, 0.5) is 10.5 Å². The molecule has 46 heavy (non-hydrogen) atoms. The van der Waals surface area contributed by atoms with Crippen LogP contribution in [0.15, 0.2) is 90.2 Å². The number of carbonyl (C=O) groups excluding carboxylic acids is 4. The Balaban J connectivity index is 0.969. The number of ether oxygens (including phenoxy) is 4. The smallest absolute Gasteiger partial charge is 0.407 e. The third-order valence-electron chi connectivity index (χ3n) is 8.79. The molecule has 4 aliphatic rings. The van der Waals surface area contributed by atoms with Gasteiger partial charge < -0.3 is 29.6 Å². The van der Waals surface area contributed by atoms with Crippen LogP contribution < -0.4 is 10.6 Å². The molecule has 1 saturated heterocycles. The van der Waals surface area contributed by atoms with Crippen LogP contribution in [0.5, 0.6) is 0 Å². The first-order chi connectivity index (χ1) is 22.3. The van der Waals surface area contributed by atoms with Crippen LogP contribution in [-0.4, -0.2) is 48.6 Å². The molecule has 2 aliphatic carbocycles. The summed E-state index contributed by atoms with van der Waals surface area (Å²) >= 11 is 4.28. The van der Waals surface area contributed by atoms with Crippen molar-refractivity contribution in [3.8, 4) is 11.1 Å². The number of hydrogen-bond donors (Lipinski definition) is 3. The number of carbonyl (C=O) groups is 4. The highest BCUT2D eigenvalue weighted by molar-refractivity contribution is 7.80. The summed E-state index contributed by atoms with van der Waals surface area (Å²) in [5.74, 6) is -1.79. The Morgan fingerprint density at radius 1 is 0.978 bits per heavy atom. The molecule has 0 radical (unpaired) electrons. The lowest BCUT2D eigenvalue weighted by Crippen LogP contribution is -2.45. The SMILES string of the molecule is CC1=C[C@H](O/C=C2/C(=O)O[C@H]3c4cc(NC(=O)[C@H](CS)NC(=O)OCC5c6ccccc6-c6ccccc65)ccc4C[C@@H]23)OC1=O. The first kappa shape index (κ1) is 29.7. The zero-order valence-electron chi connectivity index (χ0n) is 24.7. The van der Waals surface area contributed by atoms with E-state index in [1.54, 1.807) is 19.1 Å². The third-order valence-corrected chi connectivity index (χ3v) is 9.15. The van der Waals surface area contributed by atoms with E-state index in [1.807, 2.05) is 42.5 Å². The standard InChI is InChI=1S/C35H30N2O8S/c1-18-12-30(44-33(18)39)42-16-28-26-13-19-10-11-20(14-25(19)31(26)45-34(28)40)36-32(38)29(17-46)37-35(41)43-15-27-23-8-4-2-6-21(23)22-7-3-5-9-24(22)27/h2-12,14,16,26-27,29-31,46H,13,15,17H2,1H3,(H,36,38)(H,37,41)/b28-16+/t26-,29-,30+,31-/m0/s1. The molecule has 2 aliphatic heterocycles. The predicted octanol–water partition coefficient (Wildman–Crippen LogP) is 4.96. The molecule has 3 aromatic carbocycles. The molecule has 2 heterocycles. The first-order valence-corrected chi connectivity index (χ1v) is 15.6. The fourth-order valence-electron chi connectivity index (χ4n) is 6.49. The zero-order chi connectivity index (χ0) is 31.9. The minimum absolute atomic E-state index is 0.0441. The summed E-state index contributed by atoms with van der Waals surface area (Å²) < 4.78 is 21.9. The summed E-state index contributed by atoms with van der Waals surface area (Å²) in [5, 5.41) is 5.46. The normalized spacial score (nSPS) is 22.2. The lowest BCUT2D eigenvalue weighted by molar-refractivity contribution is -0.152. The number of nitrogens with one attached hydrogen (secondary N) is 2. The maximum absolute atomic E-state index is 13.2. The van der Waals surface area contributed by atoms with Gasteiger partial charge >= 0.3 is 18.0 Å². The van der Waals surface area contributed by atoms with E-state index in [1.165, 1.54) is 12.3 Å². The molecule has 4 atom stereocenters. The monoisotopic (exact) mass is 638 g/mol. The van der Waals surface area contributed by atoms with Gasteiger partial charge in [0.1, 0.15) is 18.8 Å². The van der Waals surface area contributed by atoms with Gasteiger partial charge in [0.15, 0.2) is 0 Å². The van der Waals surface area contributed by atoms with Gasteiger partial charge in [-0.05, 0) is 58.9 Å². The highest BCUT2D eigenvalue weighted by Gasteiger charge is 2.47. The number of fused-ring (bicyclic) bond motifs is 6. The summed E-state index contributed by atoms with van der Waals surface area (Å²) in [7, 11) is 0. The van der Waals surface area contributed by atoms with Crippen molar-refractivity contribution in [3.63, 3.8) is 0 Å². The maximum atomic E-state index is 13.2. The molecule has 0 unspecified atom stereocenters. The Labute approximate surface area is 270 Å². The number of alkyl carbamates (subject to hydrolysis) is 1. The second kappa shape index (κ2) is 12.1. The van der Waals surface area contributed by atoms with Crippen LogP contribution in [-0.2, 0) is 39.8 Å². The summed E-state index contributed by atoms with van der Waals surface area (Å²) in [6, 6.07) is 20.5. The van der Waals surface area contributed by atoms with Crippen LogP contribution in [0, 0.1) is 5.92 Å². The van der Waals surface area contributed by atoms with Crippen molar-refractivity contribution in [1.29, 1.82) is 0 Å². The number of benzene rings is 3. The average molecular weight is 639 g/mol. The number of esters is 2. The predicted molar refractivity (Wildman–Crippen MR) is 170 cm³/mol. The van der Waals surface area contributed by atoms with Crippen LogP contribution >= 0.6 is 12.6 Å². The lowest BCUT2D eigenvalue weighted by atomic mass is 9.98. The second-order valence-electron chi connectivity index (χ2n) is 11.6. The minimum Gasteiger partial charge on any atom is -0.458 e. The molecule has 10 nitrogen and oxygen atoms in total. The van der Waals surface area contributed by atoms with E-state index in [2.05, 4.69) is 35.4 Å². The quantitative estimate of drug-likeness (QED) is 0.104. The van der Waals surface area contributed by atoms with E-state index in [4.69, 9.17) is 18.9 Å². The summed E-state index contributed by atoms with van der Waals surface area (Å²) in [4.78, 5) is 50.3. The van der Waals surface area contributed by atoms with Crippen molar-refractivity contribution in [2.45, 2.75) is 37.7 Å². The Morgan fingerprint density at radius 3 is 2.37 bits per heavy atom. The molecule has 2 amide bonds. The Morgan fingerprint density at radius 2 is 1.70 bits per heavy atom. The maximum Gasteiger partial charge on any atom is 0.407 e. The van der Waals surface area contributed by atoms with Gasteiger partial charge in [-0.3, -0.25) is 4.79 Å². The fraction of sp³-hybridized carbons (Fsp3) is 0.257. The molecular weight excluding hydrogens is 608 g/mol. The van der Waals surface area contributed by atoms with E-state index in [0.29, 0.717) is 23.3 Å². The van der Waals surface area contributed by atoms with Gasteiger partial charge in [0.05, 0.1) is 11.8 Å². The van der Waals surface area contributed by atoms with E-state index < -0.39 is 42.4 Å². The van der Waals surface area contributed by atoms with Gasteiger partial charge in [-0.15, -0.1) is 0 Å². The van der Waals surface area contributed by atoms with Gasteiger partial charge in [0.2, 0.25) is 5.91 Å². The van der Waals surface area contributed by atoms with Crippen molar-refractivity contribution in [2.75, 3.05) is 17.7 Å². The minimum atomic E-state index is -0.960. The molecule has 1 fully saturated rings. The van der Waals surface area contributed by atoms with E-state index >= 15 is 0 Å². The van der Waals surface area contributed by atoms with Crippen molar-refractivity contribution in [3.05, 3.63) is 112 Å². The van der Waals surface area contributed by atoms with Gasteiger partial charge in [0.25, 0.3) is 6.29 Å². The van der Waals surface area contributed by atoms with Gasteiger partial charge in [-0.2, -0.15) is 12.6 Å². The van der Waals surface area contributed by atoms with E-state index in [-0.39, 0.29) is 24.2 Å². The number of amides is 2. The van der Waals surface area contributed by atoms with Gasteiger partial charge in [0, 0.05) is 34.9 Å². The first-order valence-electron chi connectivity index (χ1n) is 14.9. The van der Waals surface area contributed by atoms with Gasteiger partial charge in [-0.25, -0.2) is 14.4 Å². The fourth-order valence-corrected chi connectivity index (χ4v) is 6.75. The van der Waals surface area contributed by atoms with Crippen LogP contribution in [0.3, 0.4) is 0 Å². The van der Waals surface area contributed by atoms with Crippen LogP contribution in [0.2, 0.25) is 0 Å². The van der Waals surface area contributed by atoms with Crippen molar-refractivity contribution in [1.82, 2.24) is 5.32 Å². The van der Waals surface area contributed by atoms with Crippen LogP contribution in [0.25, 0.3) is 11.1 Å². The molecule has 11 heteroatoms. The number of thiol groups is 1. The Bertz CT molecular complexity index is 1790. The number of anilines is 1. The van der Waals surface area contributed by atoms with Crippen LogP contribution in [0.1, 0.15) is 41.2 Å². The topological polar surface area (TPSA) is 129 Å². The summed E-state index contributed by atoms with van der Waals surface area (Å²) in [6.07, 6.45) is 1.23. The average Bonchev–Trinajstić information content (AvgIpc) is 3.76. The molecule has 0 aromatic heterocycles. The molecule has 0 spiro atoms. The largest absolute Gasteiger partial charge is 0.458 e. The molecule has 0 saturated carbocycles. The molecule has 3 aromatic rings. The molecule has 234 valence electrons. The Hall–Kier alpha value is -5.03. The summed E-state index contributed by atoms with van der Waals surface area (Å²) in [5.41, 5.74) is 7.44. The molecule has 0 bridgehead atoms. The van der Waals surface area contributed by atoms with Crippen molar-refractivity contribution in [2.24, 2.45) is 5.92 Å². The third kappa shape index (κ3) is 5.40. The number of rotatable bonds is 8. The van der Waals surface area contributed by atoms with Gasteiger partial charge in [-0.1, -0.05) is 54.6 Å². The number of cyclic esters (lactones) is 1. The zero-order valence-corrected chi connectivity index (χ0v) is 25.6. The van der Waals surface area contributed by atoms with Crippen molar-refractivity contribution >= 4 is 42.3 Å².